The highest BCUT2D eigenvalue weighted by atomic mass is 16.7. The van der Waals surface area contributed by atoms with Crippen molar-refractivity contribution in [1.29, 1.82) is 0 Å². The lowest BCUT2D eigenvalue weighted by Gasteiger charge is -2.39. The van der Waals surface area contributed by atoms with E-state index in [1.165, 1.54) is 12.8 Å². The van der Waals surface area contributed by atoms with Gasteiger partial charge in [-0.05, 0) is 86.0 Å². The number of carboxylic acid groups (broad SMARTS) is 2. The van der Waals surface area contributed by atoms with E-state index in [1.54, 1.807) is 12.1 Å². The average molecular weight is 459 g/mol. The van der Waals surface area contributed by atoms with Gasteiger partial charge in [0.15, 0.2) is 6.29 Å². The second-order valence-corrected chi connectivity index (χ2v) is 10.1. The second-order valence-electron chi connectivity index (χ2n) is 10.1. The number of carboxylic acids is 2. The largest absolute Gasteiger partial charge is 0.478 e. The third-order valence-electron chi connectivity index (χ3n) is 7.92. The Morgan fingerprint density at radius 3 is 1.79 bits per heavy atom. The van der Waals surface area contributed by atoms with Gasteiger partial charge in [0.05, 0.1) is 17.7 Å². The third kappa shape index (κ3) is 5.96. The van der Waals surface area contributed by atoms with Crippen LogP contribution in [0.1, 0.15) is 121 Å². The molecule has 6 heteroatoms. The summed E-state index contributed by atoms with van der Waals surface area (Å²) >= 11 is 0. The van der Waals surface area contributed by atoms with Gasteiger partial charge in [-0.3, -0.25) is 0 Å². The van der Waals surface area contributed by atoms with Crippen LogP contribution >= 0.6 is 0 Å². The van der Waals surface area contributed by atoms with Crippen LogP contribution in [0, 0.1) is 11.8 Å². The maximum Gasteiger partial charge on any atom is 0.336 e. The molecule has 33 heavy (non-hydrogen) atoms. The lowest BCUT2D eigenvalue weighted by atomic mass is 9.65. The van der Waals surface area contributed by atoms with E-state index < -0.39 is 11.9 Å². The third-order valence-corrected chi connectivity index (χ3v) is 7.92. The Labute approximate surface area is 196 Å². The van der Waals surface area contributed by atoms with Gasteiger partial charge in [-0.15, -0.1) is 0 Å². The molecule has 182 valence electrons. The number of hydrogen-bond donors (Lipinski definition) is 2. The molecule has 0 bridgehead atoms. The molecule has 1 aromatic carbocycles. The molecule has 1 atom stereocenters. The first-order valence-corrected chi connectivity index (χ1v) is 12.9. The molecular formula is C27H38O6. The van der Waals surface area contributed by atoms with Crippen LogP contribution in [0.2, 0.25) is 0 Å². The SMILES string of the molecule is O=C(O)c1cc(COC2CCCCO2)cc(C(=O)O)c1C(C1CCCCC1)C1CCCCC1. The van der Waals surface area contributed by atoms with Crippen molar-refractivity contribution in [3.63, 3.8) is 0 Å². The fourth-order valence-corrected chi connectivity index (χ4v) is 6.38. The maximum absolute atomic E-state index is 12.5. The van der Waals surface area contributed by atoms with Crippen LogP contribution in [0.4, 0.5) is 0 Å². The zero-order valence-corrected chi connectivity index (χ0v) is 19.6. The van der Waals surface area contributed by atoms with Crippen molar-refractivity contribution in [3.8, 4) is 0 Å². The van der Waals surface area contributed by atoms with E-state index in [-0.39, 0.29) is 29.9 Å². The molecule has 1 heterocycles. The summed E-state index contributed by atoms with van der Waals surface area (Å²) in [6, 6.07) is 3.32. The molecule has 2 saturated carbocycles. The molecule has 0 radical (unpaired) electrons. The highest BCUT2D eigenvalue weighted by Crippen LogP contribution is 2.48. The smallest absolute Gasteiger partial charge is 0.336 e. The average Bonchev–Trinajstić information content (AvgIpc) is 2.85. The van der Waals surface area contributed by atoms with Gasteiger partial charge >= 0.3 is 11.9 Å². The van der Waals surface area contributed by atoms with Crippen LogP contribution in [0.5, 0.6) is 0 Å². The van der Waals surface area contributed by atoms with Gasteiger partial charge < -0.3 is 19.7 Å². The van der Waals surface area contributed by atoms with Gasteiger partial charge in [-0.2, -0.15) is 0 Å². The van der Waals surface area contributed by atoms with Gasteiger partial charge in [-0.25, -0.2) is 9.59 Å². The summed E-state index contributed by atoms with van der Waals surface area (Å²) in [7, 11) is 0. The van der Waals surface area contributed by atoms with Gasteiger partial charge in [-0.1, -0.05) is 38.5 Å². The van der Waals surface area contributed by atoms with Crippen LogP contribution in [-0.4, -0.2) is 35.0 Å². The van der Waals surface area contributed by atoms with Crippen molar-refractivity contribution in [2.45, 2.75) is 102 Å². The van der Waals surface area contributed by atoms with Gasteiger partial charge in [0.1, 0.15) is 0 Å². The van der Waals surface area contributed by atoms with Gasteiger partial charge in [0.2, 0.25) is 0 Å². The highest BCUT2D eigenvalue weighted by Gasteiger charge is 2.37. The molecule has 4 rings (SSSR count). The van der Waals surface area contributed by atoms with E-state index in [4.69, 9.17) is 9.47 Å². The molecule has 0 amide bonds. The summed E-state index contributed by atoms with van der Waals surface area (Å²) in [5, 5.41) is 20.4. The minimum absolute atomic E-state index is 0.000513. The molecule has 3 aliphatic rings. The predicted molar refractivity (Wildman–Crippen MR) is 125 cm³/mol. The van der Waals surface area contributed by atoms with Gasteiger partial charge in [0, 0.05) is 6.61 Å². The zero-order valence-electron chi connectivity index (χ0n) is 19.6. The van der Waals surface area contributed by atoms with E-state index >= 15 is 0 Å². The minimum atomic E-state index is -1.04. The van der Waals surface area contributed by atoms with E-state index in [0.29, 0.717) is 29.6 Å². The topological polar surface area (TPSA) is 93.1 Å². The number of aromatic carboxylic acids is 2. The molecular weight excluding hydrogens is 420 g/mol. The second kappa shape index (κ2) is 11.5. The first-order valence-electron chi connectivity index (χ1n) is 12.9. The van der Waals surface area contributed by atoms with Crippen LogP contribution in [0.25, 0.3) is 0 Å². The number of rotatable bonds is 8. The molecule has 2 N–H and O–H groups in total. The van der Waals surface area contributed by atoms with Crippen molar-refractivity contribution in [3.05, 3.63) is 34.4 Å². The molecule has 0 spiro atoms. The minimum Gasteiger partial charge on any atom is -0.478 e. The van der Waals surface area contributed by atoms with Crippen molar-refractivity contribution in [1.82, 2.24) is 0 Å². The molecule has 0 aromatic heterocycles. The first kappa shape index (κ1) is 24.2. The van der Waals surface area contributed by atoms with E-state index in [2.05, 4.69) is 0 Å². The zero-order chi connectivity index (χ0) is 23.2. The van der Waals surface area contributed by atoms with Crippen LogP contribution in [0.3, 0.4) is 0 Å². The van der Waals surface area contributed by atoms with E-state index in [0.717, 1.165) is 70.6 Å². The molecule has 1 saturated heterocycles. The first-order chi connectivity index (χ1) is 16.0. The Balaban J connectivity index is 1.71. The van der Waals surface area contributed by atoms with E-state index in [1.807, 2.05) is 0 Å². The summed E-state index contributed by atoms with van der Waals surface area (Å²) in [6.07, 6.45) is 13.8. The highest BCUT2D eigenvalue weighted by molar-refractivity contribution is 5.97. The lowest BCUT2D eigenvalue weighted by Crippen LogP contribution is -2.29. The fraction of sp³-hybridized carbons (Fsp3) is 0.704. The Hall–Kier alpha value is -1.92. The molecule has 1 unspecified atom stereocenters. The number of carbonyl (C=O) groups is 2. The molecule has 1 aliphatic heterocycles. The Morgan fingerprint density at radius 2 is 1.33 bits per heavy atom. The van der Waals surface area contributed by atoms with Crippen molar-refractivity contribution < 1.29 is 29.3 Å². The summed E-state index contributed by atoms with van der Waals surface area (Å²) < 4.78 is 11.5. The Morgan fingerprint density at radius 1 is 0.818 bits per heavy atom. The summed E-state index contributed by atoms with van der Waals surface area (Å²) in [4.78, 5) is 24.9. The summed E-state index contributed by atoms with van der Waals surface area (Å²) in [6.45, 7) is 0.817. The fourth-order valence-electron chi connectivity index (χ4n) is 6.38. The van der Waals surface area contributed by atoms with Crippen LogP contribution in [0.15, 0.2) is 12.1 Å². The standard InChI is InChI=1S/C27H38O6/c28-26(29)21-15-18(17-33-23-13-7-8-14-32-23)16-22(27(30)31)25(21)24(19-9-3-1-4-10-19)20-11-5-2-6-12-20/h15-16,19-20,23-24H,1-14,17H2,(H,28,29)(H,30,31). The molecule has 6 nitrogen and oxygen atoms in total. The normalized spacial score (nSPS) is 23.0. The maximum atomic E-state index is 12.5. The van der Waals surface area contributed by atoms with Crippen molar-refractivity contribution >= 4 is 11.9 Å². The summed E-state index contributed by atoms with van der Waals surface area (Å²) in [5.41, 5.74) is 1.46. The van der Waals surface area contributed by atoms with E-state index in [9.17, 15) is 19.8 Å². The number of hydrogen-bond acceptors (Lipinski definition) is 4. The van der Waals surface area contributed by atoms with Crippen LogP contribution in [-0.2, 0) is 16.1 Å². The van der Waals surface area contributed by atoms with Gasteiger partial charge in [0.25, 0.3) is 0 Å². The number of ether oxygens (including phenoxy) is 2. The molecule has 3 fully saturated rings. The molecule has 1 aromatic rings. The predicted octanol–water partition coefficient (Wildman–Crippen LogP) is 6.37. The Bertz CT molecular complexity index is 763. The lowest BCUT2D eigenvalue weighted by molar-refractivity contribution is -0.168. The number of benzene rings is 1. The van der Waals surface area contributed by atoms with Crippen molar-refractivity contribution in [2.24, 2.45) is 11.8 Å². The quantitative estimate of drug-likeness (QED) is 0.470. The molecule has 2 aliphatic carbocycles. The summed E-state index contributed by atoms with van der Waals surface area (Å²) in [5.74, 6) is -1.37. The van der Waals surface area contributed by atoms with Crippen molar-refractivity contribution in [2.75, 3.05) is 6.61 Å². The Kier molecular flexibility index (Phi) is 8.42. The monoisotopic (exact) mass is 458 g/mol. The van der Waals surface area contributed by atoms with Crippen LogP contribution < -0.4 is 0 Å².